The Hall–Kier alpha value is -0.420. The van der Waals surface area contributed by atoms with Crippen molar-refractivity contribution in [3.63, 3.8) is 0 Å². The molecule has 16 heavy (non-hydrogen) atoms. The first-order chi connectivity index (χ1) is 7.77. The fraction of sp³-hybridized carbons (Fsp3) is 0.500. The molecule has 2 aliphatic rings. The minimum Gasteiger partial charge on any atom is -0.344 e. The van der Waals surface area contributed by atoms with Gasteiger partial charge in [-0.1, -0.05) is 22.0 Å². The van der Waals surface area contributed by atoms with Crippen molar-refractivity contribution >= 4 is 15.9 Å². The van der Waals surface area contributed by atoms with E-state index in [9.17, 15) is 0 Å². The summed E-state index contributed by atoms with van der Waals surface area (Å²) in [5, 5.41) is 3.29. The fourth-order valence-electron chi connectivity index (χ4n) is 2.22. The Kier molecular flexibility index (Phi) is 2.75. The Bertz CT molecular complexity index is 402. The molecule has 1 fully saturated rings. The topological polar surface area (TPSA) is 30.5 Å². The summed E-state index contributed by atoms with van der Waals surface area (Å²) in [6.07, 6.45) is 0.933. The summed E-state index contributed by atoms with van der Waals surface area (Å²) < 4.78 is 12.9. The summed E-state index contributed by atoms with van der Waals surface area (Å²) in [7, 11) is 0. The van der Waals surface area contributed by atoms with Crippen molar-refractivity contribution in [1.82, 2.24) is 5.32 Å². The van der Waals surface area contributed by atoms with Crippen molar-refractivity contribution in [1.29, 1.82) is 0 Å². The Labute approximate surface area is 103 Å². The second-order valence-electron chi connectivity index (χ2n) is 4.33. The van der Waals surface area contributed by atoms with Gasteiger partial charge in [-0.15, -0.1) is 0 Å². The summed E-state index contributed by atoms with van der Waals surface area (Å²) in [5.74, 6) is -0.397. The van der Waals surface area contributed by atoms with Crippen LogP contribution in [0.3, 0.4) is 0 Å². The number of hydrogen-bond donors (Lipinski definition) is 1. The molecule has 3 rings (SSSR count). The standard InChI is InChI=1S/C12H14BrNO2/c13-11-2-1-9-6-15-12(3-4-14-8-12)16-7-10(9)5-11/h1-2,5,14H,3-4,6-8H2. The van der Waals surface area contributed by atoms with E-state index in [1.807, 2.05) is 6.07 Å². The molecule has 2 aliphatic heterocycles. The van der Waals surface area contributed by atoms with Gasteiger partial charge in [0.05, 0.1) is 13.2 Å². The zero-order valence-corrected chi connectivity index (χ0v) is 10.5. The summed E-state index contributed by atoms with van der Waals surface area (Å²) in [5.41, 5.74) is 2.45. The monoisotopic (exact) mass is 283 g/mol. The third-order valence-electron chi connectivity index (χ3n) is 3.23. The Morgan fingerprint density at radius 2 is 2.00 bits per heavy atom. The number of benzene rings is 1. The quantitative estimate of drug-likeness (QED) is 0.792. The van der Waals surface area contributed by atoms with Crippen molar-refractivity contribution in [2.24, 2.45) is 0 Å². The summed E-state index contributed by atoms with van der Waals surface area (Å²) >= 11 is 3.48. The smallest absolute Gasteiger partial charge is 0.182 e. The van der Waals surface area contributed by atoms with E-state index in [-0.39, 0.29) is 0 Å². The van der Waals surface area contributed by atoms with Crippen molar-refractivity contribution in [2.75, 3.05) is 13.1 Å². The molecule has 0 aromatic heterocycles. The maximum Gasteiger partial charge on any atom is 0.182 e. The van der Waals surface area contributed by atoms with Crippen LogP contribution in [0.1, 0.15) is 17.5 Å². The number of rotatable bonds is 0. The SMILES string of the molecule is Brc1ccc2c(c1)COC1(CCNC1)OC2. The number of fused-ring (bicyclic) bond motifs is 1. The predicted molar refractivity (Wildman–Crippen MR) is 63.9 cm³/mol. The van der Waals surface area contributed by atoms with Crippen LogP contribution in [-0.2, 0) is 22.7 Å². The van der Waals surface area contributed by atoms with E-state index in [0.29, 0.717) is 13.2 Å². The molecule has 1 saturated heterocycles. The van der Waals surface area contributed by atoms with Crippen LogP contribution in [0.2, 0.25) is 0 Å². The highest BCUT2D eigenvalue weighted by Gasteiger charge is 2.37. The van der Waals surface area contributed by atoms with Gasteiger partial charge in [-0.05, 0) is 23.3 Å². The molecule has 1 aromatic rings. The first-order valence-corrected chi connectivity index (χ1v) is 6.33. The van der Waals surface area contributed by atoms with Crippen LogP contribution in [0.25, 0.3) is 0 Å². The molecule has 2 heterocycles. The van der Waals surface area contributed by atoms with Gasteiger partial charge in [-0.2, -0.15) is 0 Å². The molecule has 1 unspecified atom stereocenters. The van der Waals surface area contributed by atoms with Gasteiger partial charge in [0.2, 0.25) is 0 Å². The molecule has 0 saturated carbocycles. The number of halogens is 1. The third-order valence-corrected chi connectivity index (χ3v) is 3.72. The molecule has 0 bridgehead atoms. The highest BCUT2D eigenvalue weighted by molar-refractivity contribution is 9.10. The molecule has 1 spiro atoms. The first-order valence-electron chi connectivity index (χ1n) is 5.53. The van der Waals surface area contributed by atoms with Crippen molar-refractivity contribution in [2.45, 2.75) is 25.4 Å². The zero-order valence-electron chi connectivity index (χ0n) is 8.96. The molecule has 86 valence electrons. The molecular formula is C12H14BrNO2. The van der Waals surface area contributed by atoms with E-state index in [4.69, 9.17) is 9.47 Å². The van der Waals surface area contributed by atoms with Crippen LogP contribution >= 0.6 is 15.9 Å². The lowest BCUT2D eigenvalue weighted by atomic mass is 10.1. The number of hydrogen-bond acceptors (Lipinski definition) is 3. The van der Waals surface area contributed by atoms with Gasteiger partial charge in [0, 0.05) is 24.0 Å². The molecular weight excluding hydrogens is 270 g/mol. The van der Waals surface area contributed by atoms with E-state index < -0.39 is 5.79 Å². The lowest BCUT2D eigenvalue weighted by molar-refractivity contribution is -0.230. The molecule has 1 aromatic carbocycles. The first kappa shape index (κ1) is 10.7. The average molecular weight is 284 g/mol. The summed E-state index contributed by atoms with van der Waals surface area (Å²) in [6.45, 7) is 3.04. The van der Waals surface area contributed by atoms with Gasteiger partial charge in [0.15, 0.2) is 5.79 Å². The van der Waals surface area contributed by atoms with Gasteiger partial charge in [-0.25, -0.2) is 0 Å². The van der Waals surface area contributed by atoms with Gasteiger partial charge in [0.25, 0.3) is 0 Å². The van der Waals surface area contributed by atoms with Gasteiger partial charge >= 0.3 is 0 Å². The van der Waals surface area contributed by atoms with Crippen LogP contribution in [0.15, 0.2) is 22.7 Å². The second kappa shape index (κ2) is 4.11. The Balaban J connectivity index is 1.86. The van der Waals surface area contributed by atoms with Gasteiger partial charge in [0.1, 0.15) is 0 Å². The Morgan fingerprint density at radius 3 is 2.75 bits per heavy atom. The fourth-order valence-corrected chi connectivity index (χ4v) is 2.63. The largest absolute Gasteiger partial charge is 0.344 e. The molecule has 3 nitrogen and oxygen atoms in total. The lowest BCUT2D eigenvalue weighted by Gasteiger charge is -2.26. The third kappa shape index (κ3) is 1.91. The van der Waals surface area contributed by atoms with Crippen LogP contribution in [0.5, 0.6) is 0 Å². The van der Waals surface area contributed by atoms with Crippen molar-refractivity contribution in [3.8, 4) is 0 Å². The van der Waals surface area contributed by atoms with E-state index in [1.165, 1.54) is 11.1 Å². The van der Waals surface area contributed by atoms with Crippen molar-refractivity contribution in [3.05, 3.63) is 33.8 Å². The molecule has 1 atom stereocenters. The van der Waals surface area contributed by atoms with Gasteiger partial charge < -0.3 is 14.8 Å². The van der Waals surface area contributed by atoms with Crippen LogP contribution in [-0.4, -0.2) is 18.9 Å². The van der Waals surface area contributed by atoms with Gasteiger partial charge in [-0.3, -0.25) is 0 Å². The van der Waals surface area contributed by atoms with E-state index in [0.717, 1.165) is 24.0 Å². The van der Waals surface area contributed by atoms with Crippen LogP contribution in [0.4, 0.5) is 0 Å². The summed E-state index contributed by atoms with van der Waals surface area (Å²) in [6, 6.07) is 6.26. The highest BCUT2D eigenvalue weighted by Crippen LogP contribution is 2.30. The highest BCUT2D eigenvalue weighted by atomic mass is 79.9. The molecule has 1 N–H and O–H groups in total. The Morgan fingerprint density at radius 1 is 1.19 bits per heavy atom. The minimum atomic E-state index is -0.397. The maximum absolute atomic E-state index is 5.93. The zero-order chi connectivity index (χ0) is 11.0. The van der Waals surface area contributed by atoms with Crippen LogP contribution in [0, 0.1) is 0 Å². The lowest BCUT2D eigenvalue weighted by Crippen LogP contribution is -2.36. The molecule has 4 heteroatoms. The second-order valence-corrected chi connectivity index (χ2v) is 5.24. The molecule has 0 amide bonds. The van der Waals surface area contributed by atoms with E-state index >= 15 is 0 Å². The minimum absolute atomic E-state index is 0.397. The normalized spacial score (nSPS) is 29.1. The van der Waals surface area contributed by atoms with Crippen LogP contribution < -0.4 is 5.32 Å². The van der Waals surface area contributed by atoms with Crippen molar-refractivity contribution < 1.29 is 9.47 Å². The number of nitrogens with one attached hydrogen (secondary N) is 1. The van der Waals surface area contributed by atoms with E-state index in [2.05, 4.69) is 33.4 Å². The van der Waals surface area contributed by atoms with E-state index in [1.54, 1.807) is 0 Å². The average Bonchev–Trinajstić information content (AvgIpc) is 2.66. The molecule has 0 radical (unpaired) electrons. The summed E-state index contributed by atoms with van der Waals surface area (Å²) in [4.78, 5) is 0. The predicted octanol–water partition coefficient (Wildman–Crippen LogP) is 2.19. The maximum atomic E-state index is 5.93. The molecule has 0 aliphatic carbocycles. The number of ether oxygens (including phenoxy) is 2.